The quantitative estimate of drug-likeness (QED) is 0.425. The van der Waals surface area contributed by atoms with Gasteiger partial charge in [-0.2, -0.15) is 0 Å². The van der Waals surface area contributed by atoms with Gasteiger partial charge in [-0.15, -0.1) is 0 Å². The lowest BCUT2D eigenvalue weighted by Crippen LogP contribution is -2.29. The highest BCUT2D eigenvalue weighted by Crippen LogP contribution is 2.21. The number of carbonyl (C=O) groups is 1. The van der Waals surface area contributed by atoms with E-state index in [0.29, 0.717) is 16.9 Å². The summed E-state index contributed by atoms with van der Waals surface area (Å²) in [5, 5.41) is 2.82. The van der Waals surface area contributed by atoms with E-state index in [2.05, 4.69) is 30.9 Å². The molecule has 0 spiro atoms. The second kappa shape index (κ2) is 10.5. The molecule has 0 saturated carbocycles. The third-order valence-corrected chi connectivity index (χ3v) is 7.52. The minimum atomic E-state index is -3.72. The molecule has 0 aromatic heterocycles. The zero-order valence-electron chi connectivity index (χ0n) is 18.1. The first kappa shape index (κ1) is 23.5. The molecule has 1 aliphatic heterocycles. The zero-order valence-corrected chi connectivity index (χ0v) is 20.5. The summed E-state index contributed by atoms with van der Waals surface area (Å²) in [4.78, 5) is 15.2. The van der Waals surface area contributed by atoms with E-state index in [0.717, 1.165) is 24.1 Å². The summed E-state index contributed by atoms with van der Waals surface area (Å²) in [5.74, 6) is -0.233. The second-order valence-electron chi connectivity index (χ2n) is 8.12. The lowest BCUT2D eigenvalue weighted by atomic mass is 10.1. The standard InChI is InChI=1S/C25H26BrN3O3S/c26-21-8-10-23(11-9-21)28-33(31,32)24-14-12-22(13-15-24)27-25(30)20-6-4-19(5-7-20)18-29-16-2-1-3-17-29/h4-15,28H,1-3,16-18H2,(H,27,30). The number of sulfonamides is 1. The largest absolute Gasteiger partial charge is 0.322 e. The fourth-order valence-electron chi connectivity index (χ4n) is 3.79. The van der Waals surface area contributed by atoms with Crippen molar-refractivity contribution in [3.63, 3.8) is 0 Å². The number of benzene rings is 3. The van der Waals surface area contributed by atoms with Crippen molar-refractivity contribution in [3.8, 4) is 0 Å². The maximum absolute atomic E-state index is 12.6. The number of rotatable bonds is 7. The molecule has 1 saturated heterocycles. The van der Waals surface area contributed by atoms with Gasteiger partial charge in [0.15, 0.2) is 0 Å². The van der Waals surface area contributed by atoms with Crippen LogP contribution in [0.5, 0.6) is 0 Å². The molecule has 0 unspecified atom stereocenters. The number of carbonyl (C=O) groups excluding carboxylic acids is 1. The summed E-state index contributed by atoms with van der Waals surface area (Å²) in [6, 6.07) is 20.6. The molecular weight excluding hydrogens is 502 g/mol. The van der Waals surface area contributed by atoms with Gasteiger partial charge in [0.25, 0.3) is 15.9 Å². The summed E-state index contributed by atoms with van der Waals surface area (Å²) in [5.41, 5.74) is 2.76. The maximum Gasteiger partial charge on any atom is 0.261 e. The normalized spacial score (nSPS) is 14.6. The molecular formula is C25H26BrN3O3S. The Balaban J connectivity index is 1.36. The number of hydrogen-bond acceptors (Lipinski definition) is 4. The number of halogens is 1. The summed E-state index contributed by atoms with van der Waals surface area (Å²) in [7, 11) is -3.72. The first-order valence-corrected chi connectivity index (χ1v) is 13.2. The number of anilines is 2. The number of hydrogen-bond donors (Lipinski definition) is 2. The second-order valence-corrected chi connectivity index (χ2v) is 10.7. The number of piperidine rings is 1. The van der Waals surface area contributed by atoms with Gasteiger partial charge in [0.1, 0.15) is 0 Å². The Kier molecular flexibility index (Phi) is 7.47. The predicted molar refractivity (Wildman–Crippen MR) is 135 cm³/mol. The van der Waals surface area contributed by atoms with E-state index in [1.54, 1.807) is 36.4 Å². The van der Waals surface area contributed by atoms with Crippen molar-refractivity contribution in [3.05, 3.63) is 88.4 Å². The average Bonchev–Trinajstić information content (AvgIpc) is 2.82. The Morgan fingerprint density at radius 2 is 1.42 bits per heavy atom. The van der Waals surface area contributed by atoms with Crippen LogP contribution in [-0.4, -0.2) is 32.3 Å². The minimum Gasteiger partial charge on any atom is -0.322 e. The van der Waals surface area contributed by atoms with Gasteiger partial charge in [0.2, 0.25) is 0 Å². The molecule has 3 aromatic carbocycles. The van der Waals surface area contributed by atoms with E-state index in [1.165, 1.54) is 37.0 Å². The van der Waals surface area contributed by atoms with Crippen molar-refractivity contribution in [2.24, 2.45) is 0 Å². The van der Waals surface area contributed by atoms with E-state index in [4.69, 9.17) is 0 Å². The van der Waals surface area contributed by atoms with Crippen LogP contribution in [-0.2, 0) is 16.6 Å². The Morgan fingerprint density at radius 1 is 0.818 bits per heavy atom. The lowest BCUT2D eigenvalue weighted by molar-refractivity contribution is 0.102. The molecule has 172 valence electrons. The number of likely N-dealkylation sites (tertiary alicyclic amines) is 1. The van der Waals surface area contributed by atoms with Crippen LogP contribution >= 0.6 is 15.9 Å². The van der Waals surface area contributed by atoms with Gasteiger partial charge in [-0.3, -0.25) is 14.4 Å². The topological polar surface area (TPSA) is 78.5 Å². The van der Waals surface area contributed by atoms with Crippen LogP contribution in [0.3, 0.4) is 0 Å². The monoisotopic (exact) mass is 527 g/mol. The molecule has 6 nitrogen and oxygen atoms in total. The van der Waals surface area contributed by atoms with E-state index >= 15 is 0 Å². The summed E-state index contributed by atoms with van der Waals surface area (Å²) >= 11 is 3.32. The van der Waals surface area contributed by atoms with Crippen molar-refractivity contribution in [2.75, 3.05) is 23.1 Å². The van der Waals surface area contributed by atoms with E-state index in [9.17, 15) is 13.2 Å². The van der Waals surface area contributed by atoms with Crippen LogP contribution in [0.25, 0.3) is 0 Å². The van der Waals surface area contributed by atoms with Gasteiger partial charge in [0, 0.05) is 28.0 Å². The van der Waals surface area contributed by atoms with Gasteiger partial charge in [0.05, 0.1) is 4.90 Å². The average molecular weight is 528 g/mol. The van der Waals surface area contributed by atoms with Crippen LogP contribution in [0.1, 0.15) is 35.2 Å². The van der Waals surface area contributed by atoms with Crippen molar-refractivity contribution < 1.29 is 13.2 Å². The molecule has 8 heteroatoms. The molecule has 33 heavy (non-hydrogen) atoms. The number of nitrogens with one attached hydrogen (secondary N) is 2. The Hall–Kier alpha value is -2.68. The highest BCUT2D eigenvalue weighted by molar-refractivity contribution is 9.10. The first-order valence-electron chi connectivity index (χ1n) is 10.9. The smallest absolute Gasteiger partial charge is 0.261 e. The molecule has 3 aromatic rings. The highest BCUT2D eigenvalue weighted by atomic mass is 79.9. The fourth-order valence-corrected chi connectivity index (χ4v) is 5.11. The molecule has 0 bridgehead atoms. The van der Waals surface area contributed by atoms with Crippen molar-refractivity contribution >= 4 is 43.2 Å². The third-order valence-electron chi connectivity index (χ3n) is 5.59. The van der Waals surface area contributed by atoms with Gasteiger partial charge in [-0.25, -0.2) is 8.42 Å². The van der Waals surface area contributed by atoms with Crippen LogP contribution in [0.15, 0.2) is 82.2 Å². The van der Waals surface area contributed by atoms with E-state index in [-0.39, 0.29) is 10.8 Å². The highest BCUT2D eigenvalue weighted by Gasteiger charge is 2.15. The van der Waals surface area contributed by atoms with Gasteiger partial charge in [-0.05, 0) is 92.2 Å². The minimum absolute atomic E-state index is 0.116. The fraction of sp³-hybridized carbons (Fsp3) is 0.240. The number of nitrogens with zero attached hydrogens (tertiary/aromatic N) is 1. The van der Waals surface area contributed by atoms with Gasteiger partial charge >= 0.3 is 0 Å². The summed E-state index contributed by atoms with van der Waals surface area (Å²) in [6.45, 7) is 3.17. The Labute approximate surface area is 203 Å². The molecule has 1 amide bonds. The SMILES string of the molecule is O=C(Nc1ccc(S(=O)(=O)Nc2ccc(Br)cc2)cc1)c1ccc(CN2CCCCC2)cc1. The third kappa shape index (κ3) is 6.43. The number of amides is 1. The molecule has 0 radical (unpaired) electrons. The molecule has 2 N–H and O–H groups in total. The Bertz CT molecular complexity index is 1190. The Morgan fingerprint density at radius 3 is 2.06 bits per heavy atom. The van der Waals surface area contributed by atoms with Crippen molar-refractivity contribution in [1.29, 1.82) is 0 Å². The molecule has 0 aliphatic carbocycles. The van der Waals surface area contributed by atoms with E-state index in [1.807, 2.05) is 24.3 Å². The van der Waals surface area contributed by atoms with Gasteiger partial charge in [-0.1, -0.05) is 34.5 Å². The van der Waals surface area contributed by atoms with Crippen LogP contribution in [0.2, 0.25) is 0 Å². The molecule has 4 rings (SSSR count). The predicted octanol–water partition coefficient (Wildman–Crippen LogP) is 5.49. The summed E-state index contributed by atoms with van der Waals surface area (Å²) < 4.78 is 28.6. The molecule has 1 fully saturated rings. The first-order chi connectivity index (χ1) is 15.9. The molecule has 0 atom stereocenters. The van der Waals surface area contributed by atoms with Crippen molar-refractivity contribution in [2.45, 2.75) is 30.7 Å². The molecule has 1 heterocycles. The van der Waals surface area contributed by atoms with Crippen LogP contribution in [0, 0.1) is 0 Å². The van der Waals surface area contributed by atoms with Crippen molar-refractivity contribution in [1.82, 2.24) is 4.90 Å². The van der Waals surface area contributed by atoms with Crippen LogP contribution < -0.4 is 10.0 Å². The zero-order chi connectivity index (χ0) is 23.3. The summed E-state index contributed by atoms with van der Waals surface area (Å²) in [6.07, 6.45) is 3.81. The van der Waals surface area contributed by atoms with Crippen LogP contribution in [0.4, 0.5) is 11.4 Å². The lowest BCUT2D eigenvalue weighted by Gasteiger charge is -2.26. The van der Waals surface area contributed by atoms with Gasteiger partial charge < -0.3 is 5.32 Å². The molecule has 1 aliphatic rings. The maximum atomic E-state index is 12.6. The van der Waals surface area contributed by atoms with E-state index < -0.39 is 10.0 Å².